The van der Waals surface area contributed by atoms with E-state index in [-0.39, 0.29) is 6.10 Å². The van der Waals surface area contributed by atoms with Crippen LogP contribution in [0.1, 0.15) is 30.4 Å². The predicted octanol–water partition coefficient (Wildman–Crippen LogP) is 1.92. The van der Waals surface area contributed by atoms with Crippen molar-refractivity contribution in [2.24, 2.45) is 0 Å². The fourth-order valence-corrected chi connectivity index (χ4v) is 4.23. The Kier molecular flexibility index (Phi) is 3.89. The van der Waals surface area contributed by atoms with E-state index in [9.17, 15) is 9.00 Å². The molecule has 5 heteroatoms. The molecule has 1 aliphatic heterocycles. The first-order chi connectivity index (χ1) is 9.63. The van der Waals surface area contributed by atoms with Crippen LogP contribution in [-0.4, -0.2) is 33.2 Å². The van der Waals surface area contributed by atoms with Gasteiger partial charge in [0.25, 0.3) is 0 Å². The van der Waals surface area contributed by atoms with E-state index < -0.39 is 22.9 Å². The minimum atomic E-state index is -1.11. The second-order valence-electron chi connectivity index (χ2n) is 5.46. The number of carboxylic acids is 1. The molecule has 1 fully saturated rings. The summed E-state index contributed by atoms with van der Waals surface area (Å²) in [5.74, 6) is -0.529. The quantitative estimate of drug-likeness (QED) is 0.921. The van der Waals surface area contributed by atoms with E-state index >= 15 is 0 Å². The molecule has 0 bridgehead atoms. The second kappa shape index (κ2) is 5.66. The van der Waals surface area contributed by atoms with Gasteiger partial charge in [-0.1, -0.05) is 6.07 Å². The van der Waals surface area contributed by atoms with E-state index in [1.807, 2.05) is 12.1 Å². The Labute approximate surface area is 120 Å². The third kappa shape index (κ3) is 2.79. The standard InChI is InChI=1S/C15H18O4S/c16-15(17)14-7-5-12(19-14)9-20(18)13-6-4-10-2-1-3-11(10)8-13/h4,6,8,12,14H,1-3,5,7,9H2,(H,16,17). The molecule has 1 N–H and O–H groups in total. The first kappa shape index (κ1) is 13.8. The van der Waals surface area contributed by atoms with Gasteiger partial charge in [0.2, 0.25) is 0 Å². The molecule has 1 aromatic rings. The van der Waals surface area contributed by atoms with Gasteiger partial charge in [0.05, 0.1) is 22.7 Å². The van der Waals surface area contributed by atoms with E-state index in [0.717, 1.165) is 17.7 Å². The molecule has 1 aliphatic carbocycles. The van der Waals surface area contributed by atoms with Crippen LogP contribution in [0.3, 0.4) is 0 Å². The third-order valence-corrected chi connectivity index (χ3v) is 5.51. The summed E-state index contributed by atoms with van der Waals surface area (Å²) < 4.78 is 17.8. The maximum absolute atomic E-state index is 12.4. The summed E-state index contributed by atoms with van der Waals surface area (Å²) in [5.41, 5.74) is 2.68. The van der Waals surface area contributed by atoms with Gasteiger partial charge in [-0.15, -0.1) is 0 Å². The summed E-state index contributed by atoms with van der Waals surface area (Å²) in [6.45, 7) is 0. The molecule has 0 radical (unpaired) electrons. The monoisotopic (exact) mass is 294 g/mol. The summed E-state index contributed by atoms with van der Waals surface area (Å²) >= 11 is 0. The zero-order valence-corrected chi connectivity index (χ0v) is 12.0. The molecular weight excluding hydrogens is 276 g/mol. The molecule has 0 saturated carbocycles. The maximum Gasteiger partial charge on any atom is 0.332 e. The minimum absolute atomic E-state index is 0.204. The molecular formula is C15H18O4S. The van der Waals surface area contributed by atoms with Crippen LogP contribution in [0.2, 0.25) is 0 Å². The number of hydrogen-bond donors (Lipinski definition) is 1. The van der Waals surface area contributed by atoms with Crippen LogP contribution in [0.25, 0.3) is 0 Å². The molecule has 0 aromatic heterocycles. The fourth-order valence-electron chi connectivity index (χ4n) is 2.96. The summed E-state index contributed by atoms with van der Waals surface area (Å²) in [6, 6.07) is 6.05. The third-order valence-electron chi connectivity index (χ3n) is 4.05. The van der Waals surface area contributed by atoms with Crippen molar-refractivity contribution in [2.45, 2.75) is 49.2 Å². The van der Waals surface area contributed by atoms with Gasteiger partial charge in [-0.2, -0.15) is 0 Å². The van der Waals surface area contributed by atoms with Crippen LogP contribution in [0.15, 0.2) is 23.1 Å². The molecule has 0 amide bonds. The van der Waals surface area contributed by atoms with Gasteiger partial charge in [-0.05, 0) is 55.4 Å². The number of ether oxygens (including phenoxy) is 1. The van der Waals surface area contributed by atoms with Crippen LogP contribution in [-0.2, 0) is 33.2 Å². The molecule has 108 valence electrons. The number of rotatable bonds is 4. The van der Waals surface area contributed by atoms with Gasteiger partial charge in [0.15, 0.2) is 6.10 Å². The number of hydrogen-bond acceptors (Lipinski definition) is 3. The average molecular weight is 294 g/mol. The molecule has 1 aromatic carbocycles. The highest BCUT2D eigenvalue weighted by Crippen LogP contribution is 2.26. The zero-order chi connectivity index (χ0) is 14.1. The van der Waals surface area contributed by atoms with Crippen LogP contribution >= 0.6 is 0 Å². The van der Waals surface area contributed by atoms with Gasteiger partial charge in [0.1, 0.15) is 0 Å². The molecule has 3 atom stereocenters. The van der Waals surface area contributed by atoms with Crippen LogP contribution in [0, 0.1) is 0 Å². The van der Waals surface area contributed by atoms with Crippen LogP contribution < -0.4 is 0 Å². The maximum atomic E-state index is 12.4. The van der Waals surface area contributed by atoms with E-state index in [4.69, 9.17) is 9.84 Å². The first-order valence-electron chi connectivity index (χ1n) is 7.02. The molecule has 2 aliphatic rings. The minimum Gasteiger partial charge on any atom is -0.479 e. The predicted molar refractivity (Wildman–Crippen MR) is 75.3 cm³/mol. The first-order valence-corrected chi connectivity index (χ1v) is 8.34. The molecule has 4 nitrogen and oxygen atoms in total. The number of aliphatic carboxylic acids is 1. The number of fused-ring (bicyclic) bond motifs is 1. The van der Waals surface area contributed by atoms with Crippen molar-refractivity contribution in [1.82, 2.24) is 0 Å². The Balaban J connectivity index is 1.64. The highest BCUT2D eigenvalue weighted by atomic mass is 32.2. The summed E-state index contributed by atoms with van der Waals surface area (Å²) in [4.78, 5) is 11.7. The normalized spacial score (nSPS) is 26.4. The lowest BCUT2D eigenvalue weighted by molar-refractivity contribution is -0.148. The lowest BCUT2D eigenvalue weighted by Gasteiger charge is -2.11. The van der Waals surface area contributed by atoms with E-state index in [1.165, 1.54) is 17.5 Å². The van der Waals surface area contributed by atoms with E-state index in [0.29, 0.717) is 18.6 Å². The van der Waals surface area contributed by atoms with Gasteiger partial charge in [-0.3, -0.25) is 4.21 Å². The summed E-state index contributed by atoms with van der Waals surface area (Å²) in [6.07, 6.45) is 3.63. The number of carbonyl (C=O) groups is 1. The fraction of sp³-hybridized carbons (Fsp3) is 0.533. The lowest BCUT2D eigenvalue weighted by atomic mass is 10.1. The topological polar surface area (TPSA) is 63.6 Å². The highest BCUT2D eigenvalue weighted by molar-refractivity contribution is 7.85. The Morgan fingerprint density at radius 1 is 1.30 bits per heavy atom. The Bertz CT molecular complexity index is 555. The number of aryl methyl sites for hydroxylation is 2. The molecule has 1 saturated heterocycles. The van der Waals surface area contributed by atoms with Crippen LogP contribution in [0.4, 0.5) is 0 Å². The Morgan fingerprint density at radius 2 is 2.10 bits per heavy atom. The highest BCUT2D eigenvalue weighted by Gasteiger charge is 2.31. The van der Waals surface area contributed by atoms with Crippen molar-refractivity contribution in [3.8, 4) is 0 Å². The summed E-state index contributed by atoms with van der Waals surface area (Å²) in [5, 5.41) is 8.89. The Morgan fingerprint density at radius 3 is 2.85 bits per heavy atom. The van der Waals surface area contributed by atoms with Gasteiger partial charge < -0.3 is 9.84 Å². The number of benzene rings is 1. The van der Waals surface area contributed by atoms with Crippen molar-refractivity contribution in [1.29, 1.82) is 0 Å². The van der Waals surface area contributed by atoms with Gasteiger partial charge in [0, 0.05) is 4.90 Å². The second-order valence-corrected chi connectivity index (χ2v) is 6.95. The zero-order valence-electron chi connectivity index (χ0n) is 11.2. The molecule has 0 spiro atoms. The van der Waals surface area contributed by atoms with Crippen LogP contribution in [0.5, 0.6) is 0 Å². The molecule has 3 rings (SSSR count). The average Bonchev–Trinajstić information content (AvgIpc) is 3.05. The Hall–Kier alpha value is -1.20. The van der Waals surface area contributed by atoms with E-state index in [2.05, 4.69) is 6.07 Å². The molecule has 20 heavy (non-hydrogen) atoms. The lowest BCUT2D eigenvalue weighted by Crippen LogP contribution is -2.23. The van der Waals surface area contributed by atoms with Crippen molar-refractivity contribution in [3.05, 3.63) is 29.3 Å². The van der Waals surface area contributed by atoms with Crippen molar-refractivity contribution in [2.75, 3.05) is 5.75 Å². The molecule has 1 heterocycles. The molecule has 3 unspecified atom stereocenters. The SMILES string of the molecule is O=C(O)C1CCC(CS(=O)c2ccc3c(c2)CCC3)O1. The smallest absolute Gasteiger partial charge is 0.332 e. The van der Waals surface area contributed by atoms with Crippen molar-refractivity contribution >= 4 is 16.8 Å². The largest absolute Gasteiger partial charge is 0.479 e. The number of carboxylic acid groups (broad SMARTS) is 1. The van der Waals surface area contributed by atoms with E-state index in [1.54, 1.807) is 0 Å². The van der Waals surface area contributed by atoms with Crippen molar-refractivity contribution < 1.29 is 18.8 Å². The van der Waals surface area contributed by atoms with Crippen molar-refractivity contribution in [3.63, 3.8) is 0 Å². The van der Waals surface area contributed by atoms with Gasteiger partial charge >= 0.3 is 5.97 Å². The van der Waals surface area contributed by atoms with Gasteiger partial charge in [-0.25, -0.2) is 4.79 Å². The summed E-state index contributed by atoms with van der Waals surface area (Å²) in [7, 11) is -1.11.